The molecule has 0 bridgehead atoms. The molecule has 0 saturated carbocycles. The highest BCUT2D eigenvalue weighted by Gasteiger charge is 2.08. The average Bonchev–Trinajstić information content (AvgIpc) is 3.09. The molecule has 1 amide bonds. The van der Waals surface area contributed by atoms with Gasteiger partial charge in [-0.1, -0.05) is 0 Å². The van der Waals surface area contributed by atoms with Crippen molar-refractivity contribution in [3.63, 3.8) is 0 Å². The molecule has 0 saturated heterocycles. The van der Waals surface area contributed by atoms with Crippen LogP contribution in [-0.2, 0) is 6.54 Å². The van der Waals surface area contributed by atoms with Crippen molar-refractivity contribution in [1.82, 2.24) is 15.3 Å². The van der Waals surface area contributed by atoms with E-state index in [2.05, 4.69) is 20.6 Å². The van der Waals surface area contributed by atoms with E-state index in [1.807, 2.05) is 0 Å². The van der Waals surface area contributed by atoms with E-state index in [4.69, 9.17) is 4.42 Å². The summed E-state index contributed by atoms with van der Waals surface area (Å²) in [6.45, 7) is 0.281. The van der Waals surface area contributed by atoms with Crippen molar-refractivity contribution >= 4 is 17.4 Å². The number of rotatable bonds is 5. The number of nitrogens with zero attached hydrogens (tertiary/aromatic N) is 2. The van der Waals surface area contributed by atoms with Crippen molar-refractivity contribution in [1.29, 1.82) is 0 Å². The van der Waals surface area contributed by atoms with Crippen LogP contribution in [0.15, 0.2) is 59.5 Å². The molecular formula is C16H13FN4O2. The fraction of sp³-hybridized carbons (Fsp3) is 0.0625. The van der Waals surface area contributed by atoms with Crippen LogP contribution in [0.3, 0.4) is 0 Å². The standard InChI is InChI=1S/C16H13FN4O2/c17-11-3-5-12(6-4-11)21-15-10-18-14(9-19-15)16(22)20-8-13-2-1-7-23-13/h1-7,9-10H,8H2,(H,19,21)(H,20,22). The number of nitrogens with one attached hydrogen (secondary N) is 2. The van der Waals surface area contributed by atoms with Gasteiger partial charge in [-0.05, 0) is 36.4 Å². The third-order valence-electron chi connectivity index (χ3n) is 3.00. The molecule has 0 atom stereocenters. The van der Waals surface area contributed by atoms with Crippen molar-refractivity contribution in [3.05, 3.63) is 72.3 Å². The first-order valence-corrected chi connectivity index (χ1v) is 6.86. The molecule has 2 aromatic heterocycles. The molecule has 116 valence electrons. The molecule has 7 heteroatoms. The van der Waals surface area contributed by atoms with Gasteiger partial charge in [0.25, 0.3) is 5.91 Å². The predicted octanol–water partition coefficient (Wildman–Crippen LogP) is 2.88. The van der Waals surface area contributed by atoms with Gasteiger partial charge in [0.15, 0.2) is 0 Å². The molecule has 6 nitrogen and oxygen atoms in total. The van der Waals surface area contributed by atoms with E-state index in [9.17, 15) is 9.18 Å². The highest BCUT2D eigenvalue weighted by atomic mass is 19.1. The zero-order valence-corrected chi connectivity index (χ0v) is 12.0. The Morgan fingerprint density at radius 2 is 1.96 bits per heavy atom. The maximum atomic E-state index is 12.8. The SMILES string of the molecule is O=C(NCc1ccco1)c1cnc(Nc2ccc(F)cc2)cn1. The van der Waals surface area contributed by atoms with Gasteiger partial charge in [-0.3, -0.25) is 4.79 Å². The van der Waals surface area contributed by atoms with Crippen molar-refractivity contribution < 1.29 is 13.6 Å². The maximum Gasteiger partial charge on any atom is 0.271 e. The van der Waals surface area contributed by atoms with Gasteiger partial charge in [-0.2, -0.15) is 0 Å². The normalized spacial score (nSPS) is 10.3. The van der Waals surface area contributed by atoms with E-state index in [1.165, 1.54) is 30.8 Å². The van der Waals surface area contributed by atoms with Crippen molar-refractivity contribution in [2.24, 2.45) is 0 Å². The minimum atomic E-state index is -0.345. The largest absolute Gasteiger partial charge is 0.467 e. The molecule has 0 aliphatic heterocycles. The third kappa shape index (κ3) is 3.91. The Labute approximate surface area is 131 Å². The Hall–Kier alpha value is -3.22. The minimum Gasteiger partial charge on any atom is -0.467 e. The fourth-order valence-corrected chi connectivity index (χ4v) is 1.86. The van der Waals surface area contributed by atoms with Crippen LogP contribution in [0.1, 0.15) is 16.2 Å². The lowest BCUT2D eigenvalue weighted by Gasteiger charge is -2.06. The molecule has 0 radical (unpaired) electrons. The highest BCUT2D eigenvalue weighted by Crippen LogP contribution is 2.14. The number of hydrogen-bond donors (Lipinski definition) is 2. The molecule has 0 aliphatic rings. The van der Waals surface area contributed by atoms with Gasteiger partial charge in [0, 0.05) is 5.69 Å². The van der Waals surface area contributed by atoms with Gasteiger partial charge in [0.2, 0.25) is 0 Å². The zero-order valence-electron chi connectivity index (χ0n) is 12.0. The number of carbonyl (C=O) groups is 1. The van der Waals surface area contributed by atoms with Gasteiger partial charge >= 0.3 is 0 Å². The fourth-order valence-electron chi connectivity index (χ4n) is 1.86. The second-order valence-corrected chi connectivity index (χ2v) is 4.68. The Kier molecular flexibility index (Phi) is 4.28. The summed E-state index contributed by atoms with van der Waals surface area (Å²) in [5, 5.41) is 5.64. The van der Waals surface area contributed by atoms with Gasteiger partial charge in [-0.15, -0.1) is 0 Å². The van der Waals surface area contributed by atoms with E-state index in [1.54, 1.807) is 24.3 Å². The molecule has 0 fully saturated rings. The lowest BCUT2D eigenvalue weighted by atomic mass is 10.3. The number of benzene rings is 1. The van der Waals surface area contributed by atoms with Crippen molar-refractivity contribution in [2.45, 2.75) is 6.54 Å². The smallest absolute Gasteiger partial charge is 0.271 e. The highest BCUT2D eigenvalue weighted by molar-refractivity contribution is 5.91. The molecule has 2 heterocycles. The third-order valence-corrected chi connectivity index (χ3v) is 3.00. The number of halogens is 1. The van der Waals surface area contributed by atoms with Gasteiger partial charge in [-0.25, -0.2) is 14.4 Å². The van der Waals surface area contributed by atoms with Gasteiger partial charge < -0.3 is 15.1 Å². The molecule has 0 spiro atoms. The van der Waals surface area contributed by atoms with Crippen LogP contribution in [0.25, 0.3) is 0 Å². The summed E-state index contributed by atoms with van der Waals surface area (Å²) in [7, 11) is 0. The topological polar surface area (TPSA) is 80.0 Å². The number of furan rings is 1. The molecular weight excluding hydrogens is 299 g/mol. The summed E-state index contributed by atoms with van der Waals surface area (Å²) in [6, 6.07) is 9.36. The minimum absolute atomic E-state index is 0.196. The lowest BCUT2D eigenvalue weighted by molar-refractivity contribution is 0.0942. The summed E-state index contributed by atoms with van der Waals surface area (Å²) in [4.78, 5) is 20.1. The van der Waals surface area contributed by atoms with E-state index in [0.717, 1.165) is 0 Å². The molecule has 23 heavy (non-hydrogen) atoms. The van der Waals surface area contributed by atoms with E-state index >= 15 is 0 Å². The Bertz CT molecular complexity index is 771. The van der Waals surface area contributed by atoms with Crippen LogP contribution in [0.2, 0.25) is 0 Å². The number of hydrogen-bond acceptors (Lipinski definition) is 5. The average molecular weight is 312 g/mol. The van der Waals surface area contributed by atoms with E-state index in [0.29, 0.717) is 17.3 Å². The molecule has 3 rings (SSSR count). The van der Waals surface area contributed by atoms with Crippen LogP contribution in [0.4, 0.5) is 15.9 Å². The van der Waals surface area contributed by atoms with Crippen LogP contribution in [0.5, 0.6) is 0 Å². The maximum absolute atomic E-state index is 12.8. The Morgan fingerprint density at radius 3 is 2.61 bits per heavy atom. The summed E-state index contributed by atoms with van der Waals surface area (Å²) < 4.78 is 18.0. The van der Waals surface area contributed by atoms with Crippen LogP contribution in [-0.4, -0.2) is 15.9 Å². The predicted molar refractivity (Wildman–Crippen MR) is 81.6 cm³/mol. The second-order valence-electron chi connectivity index (χ2n) is 4.68. The zero-order chi connectivity index (χ0) is 16.1. The molecule has 0 unspecified atom stereocenters. The molecule has 0 aliphatic carbocycles. The van der Waals surface area contributed by atoms with Crippen molar-refractivity contribution in [3.8, 4) is 0 Å². The summed E-state index contributed by atoms with van der Waals surface area (Å²) >= 11 is 0. The first-order valence-electron chi connectivity index (χ1n) is 6.86. The molecule has 2 N–H and O–H groups in total. The summed E-state index contributed by atoms with van der Waals surface area (Å²) in [5.74, 6) is 0.451. The van der Waals surface area contributed by atoms with Crippen molar-refractivity contribution in [2.75, 3.05) is 5.32 Å². The lowest BCUT2D eigenvalue weighted by Crippen LogP contribution is -2.23. The number of anilines is 2. The van der Waals surface area contributed by atoms with Gasteiger partial charge in [0.05, 0.1) is 25.2 Å². The van der Waals surface area contributed by atoms with Crippen LogP contribution in [0, 0.1) is 5.82 Å². The number of aromatic nitrogens is 2. The van der Waals surface area contributed by atoms with Gasteiger partial charge in [0.1, 0.15) is 23.1 Å². The first kappa shape index (κ1) is 14.7. The molecule has 3 aromatic rings. The Balaban J connectivity index is 1.59. The quantitative estimate of drug-likeness (QED) is 0.757. The van der Waals surface area contributed by atoms with Crippen LogP contribution < -0.4 is 10.6 Å². The van der Waals surface area contributed by atoms with E-state index in [-0.39, 0.29) is 24.0 Å². The van der Waals surface area contributed by atoms with E-state index < -0.39 is 0 Å². The summed E-state index contributed by atoms with van der Waals surface area (Å²) in [6.07, 6.45) is 4.34. The van der Waals surface area contributed by atoms with Crippen LogP contribution >= 0.6 is 0 Å². The Morgan fingerprint density at radius 1 is 1.13 bits per heavy atom. The summed E-state index contributed by atoms with van der Waals surface area (Å²) in [5.41, 5.74) is 0.872. The second kappa shape index (κ2) is 6.69. The number of amides is 1. The monoisotopic (exact) mass is 312 g/mol. The number of carbonyl (C=O) groups excluding carboxylic acids is 1. The molecule has 1 aromatic carbocycles. The first-order chi connectivity index (χ1) is 11.2.